The van der Waals surface area contributed by atoms with Gasteiger partial charge < -0.3 is 15.4 Å². The molecule has 0 aliphatic carbocycles. The van der Waals surface area contributed by atoms with Gasteiger partial charge in [-0.3, -0.25) is 4.79 Å². The Morgan fingerprint density at radius 3 is 2.38 bits per heavy atom. The first-order chi connectivity index (χ1) is 11.9. The van der Waals surface area contributed by atoms with Gasteiger partial charge in [-0.1, -0.05) is 30.3 Å². The summed E-state index contributed by atoms with van der Waals surface area (Å²) < 4.78 is 45.8. The highest BCUT2D eigenvalue weighted by atomic mass is 35.5. The molecule has 8 heteroatoms. The van der Waals surface area contributed by atoms with Crippen molar-refractivity contribution < 1.29 is 22.7 Å². The number of ether oxygens (including phenoxy) is 1. The Labute approximate surface area is 158 Å². The van der Waals surface area contributed by atoms with E-state index in [0.717, 1.165) is 6.42 Å². The monoisotopic (exact) mass is 394 g/mol. The van der Waals surface area contributed by atoms with Crippen molar-refractivity contribution in [1.29, 1.82) is 0 Å². The van der Waals surface area contributed by atoms with Crippen LogP contribution < -0.4 is 5.73 Å². The molecule has 0 saturated carbocycles. The molecule has 1 amide bonds. The SMILES string of the molecule is Cl.NCCCOC1CCN(C(=O)CC(c2ccccc2)C(F)(F)F)CC1. The molecular formula is C18H26ClF3N2O2. The number of hydrogen-bond acceptors (Lipinski definition) is 3. The molecule has 1 aromatic rings. The average molecular weight is 395 g/mol. The standard InChI is InChI=1S/C18H25F3N2O2.ClH/c19-18(20,21)16(14-5-2-1-3-6-14)13-17(24)23-10-7-15(8-11-23)25-12-4-9-22;/h1-3,5-6,15-16H,4,7-13,22H2;1H. The fourth-order valence-corrected chi connectivity index (χ4v) is 3.02. The van der Waals surface area contributed by atoms with Gasteiger partial charge in [0.15, 0.2) is 0 Å². The maximum absolute atomic E-state index is 13.4. The first-order valence-electron chi connectivity index (χ1n) is 8.63. The molecule has 1 heterocycles. The van der Waals surface area contributed by atoms with Crippen molar-refractivity contribution >= 4 is 18.3 Å². The van der Waals surface area contributed by atoms with Gasteiger partial charge in [-0.25, -0.2) is 0 Å². The quantitative estimate of drug-likeness (QED) is 0.720. The van der Waals surface area contributed by atoms with E-state index in [-0.39, 0.29) is 24.1 Å². The smallest absolute Gasteiger partial charge is 0.378 e. The van der Waals surface area contributed by atoms with Crippen LogP contribution in [0.4, 0.5) is 13.2 Å². The van der Waals surface area contributed by atoms with Gasteiger partial charge in [-0.05, 0) is 31.4 Å². The maximum Gasteiger partial charge on any atom is 0.396 e. The van der Waals surface area contributed by atoms with E-state index in [1.807, 2.05) is 0 Å². The van der Waals surface area contributed by atoms with Crippen LogP contribution in [-0.2, 0) is 9.53 Å². The minimum Gasteiger partial charge on any atom is -0.378 e. The fourth-order valence-electron chi connectivity index (χ4n) is 3.02. The van der Waals surface area contributed by atoms with Crippen LogP contribution in [0.1, 0.15) is 37.2 Å². The van der Waals surface area contributed by atoms with Gasteiger partial charge in [0.2, 0.25) is 5.91 Å². The second kappa shape index (κ2) is 10.7. The van der Waals surface area contributed by atoms with E-state index in [0.29, 0.717) is 39.1 Å². The zero-order valence-electron chi connectivity index (χ0n) is 14.6. The van der Waals surface area contributed by atoms with Gasteiger partial charge in [0, 0.05) is 26.1 Å². The molecule has 1 fully saturated rings. The van der Waals surface area contributed by atoms with Crippen molar-refractivity contribution in [2.24, 2.45) is 5.73 Å². The van der Waals surface area contributed by atoms with Crippen molar-refractivity contribution in [3.05, 3.63) is 35.9 Å². The molecule has 4 nitrogen and oxygen atoms in total. The number of nitrogens with two attached hydrogens (primary N) is 1. The molecule has 1 atom stereocenters. The molecule has 148 valence electrons. The van der Waals surface area contributed by atoms with E-state index in [9.17, 15) is 18.0 Å². The average Bonchev–Trinajstić information content (AvgIpc) is 2.60. The minimum atomic E-state index is -4.44. The number of amides is 1. The molecule has 0 radical (unpaired) electrons. The van der Waals surface area contributed by atoms with Crippen LogP contribution in [0, 0.1) is 0 Å². The molecular weight excluding hydrogens is 369 g/mol. The minimum absolute atomic E-state index is 0. The van der Waals surface area contributed by atoms with Gasteiger partial charge in [-0.2, -0.15) is 13.2 Å². The first kappa shape index (κ1) is 22.7. The van der Waals surface area contributed by atoms with E-state index in [1.54, 1.807) is 18.2 Å². The number of likely N-dealkylation sites (tertiary alicyclic amines) is 1. The lowest BCUT2D eigenvalue weighted by molar-refractivity contribution is -0.161. The molecule has 1 aliphatic rings. The van der Waals surface area contributed by atoms with Crippen LogP contribution in [0.3, 0.4) is 0 Å². The van der Waals surface area contributed by atoms with Gasteiger partial charge in [-0.15, -0.1) is 12.4 Å². The predicted molar refractivity (Wildman–Crippen MR) is 96.3 cm³/mol. The van der Waals surface area contributed by atoms with E-state index in [2.05, 4.69) is 0 Å². The zero-order chi connectivity index (χ0) is 18.3. The number of benzene rings is 1. The Kier molecular flexibility index (Phi) is 9.39. The first-order valence-corrected chi connectivity index (χ1v) is 8.63. The molecule has 2 N–H and O–H groups in total. The van der Waals surface area contributed by atoms with E-state index in [4.69, 9.17) is 10.5 Å². The van der Waals surface area contributed by atoms with Crippen LogP contribution in [0.25, 0.3) is 0 Å². The van der Waals surface area contributed by atoms with Crippen molar-refractivity contribution in [2.75, 3.05) is 26.2 Å². The van der Waals surface area contributed by atoms with E-state index < -0.39 is 24.4 Å². The van der Waals surface area contributed by atoms with Crippen molar-refractivity contribution in [3.63, 3.8) is 0 Å². The number of alkyl halides is 3. The van der Waals surface area contributed by atoms with Crippen LogP contribution in [-0.4, -0.2) is 49.3 Å². The number of hydrogen-bond donors (Lipinski definition) is 1. The largest absolute Gasteiger partial charge is 0.396 e. The third-order valence-corrected chi connectivity index (χ3v) is 4.47. The summed E-state index contributed by atoms with van der Waals surface area (Å²) in [5.41, 5.74) is 5.54. The Morgan fingerprint density at radius 1 is 1.23 bits per heavy atom. The fraction of sp³-hybridized carbons (Fsp3) is 0.611. The second-order valence-corrected chi connectivity index (χ2v) is 6.30. The van der Waals surface area contributed by atoms with Gasteiger partial charge in [0.05, 0.1) is 12.0 Å². The van der Waals surface area contributed by atoms with Gasteiger partial charge in [0.1, 0.15) is 0 Å². The topological polar surface area (TPSA) is 55.6 Å². The molecule has 0 bridgehead atoms. The third kappa shape index (κ3) is 6.78. The lowest BCUT2D eigenvalue weighted by Gasteiger charge is -2.33. The van der Waals surface area contributed by atoms with Gasteiger partial charge >= 0.3 is 6.18 Å². The second-order valence-electron chi connectivity index (χ2n) is 6.30. The van der Waals surface area contributed by atoms with Crippen LogP contribution >= 0.6 is 12.4 Å². The molecule has 26 heavy (non-hydrogen) atoms. The van der Waals surface area contributed by atoms with Crippen molar-refractivity contribution in [1.82, 2.24) is 4.90 Å². The maximum atomic E-state index is 13.4. The van der Waals surface area contributed by atoms with Crippen LogP contribution in [0.2, 0.25) is 0 Å². The molecule has 2 rings (SSSR count). The van der Waals surface area contributed by atoms with Crippen LogP contribution in [0.15, 0.2) is 30.3 Å². The summed E-state index contributed by atoms with van der Waals surface area (Å²) in [4.78, 5) is 13.9. The Hall–Kier alpha value is -1.31. The highest BCUT2D eigenvalue weighted by Crippen LogP contribution is 2.37. The molecule has 1 aromatic carbocycles. The summed E-state index contributed by atoms with van der Waals surface area (Å²) in [5.74, 6) is -2.22. The van der Waals surface area contributed by atoms with Crippen LogP contribution in [0.5, 0.6) is 0 Å². The molecule has 0 aromatic heterocycles. The van der Waals surface area contributed by atoms with E-state index >= 15 is 0 Å². The Balaban J connectivity index is 0.00000338. The molecule has 1 saturated heterocycles. The Bertz CT molecular complexity index is 535. The number of nitrogens with zero attached hydrogens (tertiary/aromatic N) is 1. The highest BCUT2D eigenvalue weighted by molar-refractivity contribution is 5.85. The van der Waals surface area contributed by atoms with Crippen molar-refractivity contribution in [3.8, 4) is 0 Å². The van der Waals surface area contributed by atoms with E-state index in [1.165, 1.54) is 17.0 Å². The summed E-state index contributed by atoms with van der Waals surface area (Å²) in [5, 5.41) is 0. The van der Waals surface area contributed by atoms with Crippen molar-refractivity contribution in [2.45, 2.75) is 43.9 Å². The predicted octanol–water partition coefficient (Wildman–Crippen LogP) is 3.50. The lowest BCUT2D eigenvalue weighted by atomic mass is 9.94. The number of carbonyl (C=O) groups is 1. The molecule has 0 spiro atoms. The normalized spacial score (nSPS) is 16.8. The lowest BCUT2D eigenvalue weighted by Crippen LogP contribution is -2.42. The molecule has 1 aliphatic heterocycles. The zero-order valence-corrected chi connectivity index (χ0v) is 15.4. The molecule has 1 unspecified atom stereocenters. The number of halogens is 4. The summed E-state index contributed by atoms with van der Waals surface area (Å²) in [6.45, 7) is 2.02. The summed E-state index contributed by atoms with van der Waals surface area (Å²) in [7, 11) is 0. The van der Waals surface area contributed by atoms with Gasteiger partial charge in [0.25, 0.3) is 0 Å². The number of rotatable bonds is 7. The highest BCUT2D eigenvalue weighted by Gasteiger charge is 2.42. The summed E-state index contributed by atoms with van der Waals surface area (Å²) in [6.07, 6.45) is -2.85. The number of carbonyl (C=O) groups excluding carboxylic acids is 1. The Morgan fingerprint density at radius 2 is 1.85 bits per heavy atom. The summed E-state index contributed by atoms with van der Waals surface area (Å²) >= 11 is 0. The summed E-state index contributed by atoms with van der Waals surface area (Å²) in [6, 6.07) is 7.62. The number of piperidine rings is 1. The third-order valence-electron chi connectivity index (χ3n) is 4.47.